The van der Waals surface area contributed by atoms with E-state index >= 15 is 0 Å². The zero-order valence-corrected chi connectivity index (χ0v) is 13.4. The minimum atomic E-state index is -0.258. The molecule has 120 valence electrons. The second kappa shape index (κ2) is 8.48. The van der Waals surface area contributed by atoms with E-state index in [0.29, 0.717) is 0 Å². The van der Waals surface area contributed by atoms with Gasteiger partial charge >= 0.3 is 0 Å². The third-order valence-corrected chi connectivity index (χ3v) is 4.10. The first kappa shape index (κ1) is 16.4. The summed E-state index contributed by atoms with van der Waals surface area (Å²) in [4.78, 5) is 11.0. The number of aliphatic hydroxyl groups excluding tert-OH is 1. The van der Waals surface area contributed by atoms with Crippen LogP contribution in [0.2, 0.25) is 0 Å². The summed E-state index contributed by atoms with van der Waals surface area (Å²) >= 11 is 0. The van der Waals surface area contributed by atoms with Crippen LogP contribution in [0.5, 0.6) is 0 Å². The Hall–Kier alpha value is -0.950. The van der Waals surface area contributed by atoms with E-state index in [-0.39, 0.29) is 6.10 Å². The maximum absolute atomic E-state index is 10.2. The summed E-state index contributed by atoms with van der Waals surface area (Å²) < 4.78 is 2.09. The fourth-order valence-electron chi connectivity index (χ4n) is 2.78. The van der Waals surface area contributed by atoms with Gasteiger partial charge in [0, 0.05) is 58.2 Å². The highest BCUT2D eigenvalue weighted by Gasteiger charge is 2.17. The number of aryl methyl sites for hydroxylation is 1. The van der Waals surface area contributed by atoms with Crippen LogP contribution < -0.4 is 0 Å². The molecule has 1 N–H and O–H groups in total. The molecule has 1 aliphatic heterocycles. The molecule has 0 bridgehead atoms. The molecule has 0 spiro atoms. The number of nitrogens with zero attached hydrogens (tertiary/aromatic N) is 5. The van der Waals surface area contributed by atoms with Gasteiger partial charge in [0.25, 0.3) is 0 Å². The maximum Gasteiger partial charge on any atom is 0.0945 e. The summed E-state index contributed by atoms with van der Waals surface area (Å²) in [5.41, 5.74) is 0. The molecule has 1 aromatic rings. The highest BCUT2D eigenvalue weighted by atomic mass is 16.3. The van der Waals surface area contributed by atoms with Crippen molar-refractivity contribution in [1.29, 1.82) is 0 Å². The lowest BCUT2D eigenvalue weighted by Gasteiger charge is -2.34. The minimum Gasteiger partial charge on any atom is -0.390 e. The van der Waals surface area contributed by atoms with Crippen LogP contribution in [0.25, 0.3) is 0 Å². The zero-order valence-electron chi connectivity index (χ0n) is 13.4. The van der Waals surface area contributed by atoms with Crippen molar-refractivity contribution in [3.05, 3.63) is 18.7 Å². The van der Waals surface area contributed by atoms with E-state index in [9.17, 15) is 5.11 Å². The van der Waals surface area contributed by atoms with Gasteiger partial charge in [-0.3, -0.25) is 4.90 Å². The average molecular weight is 295 g/mol. The van der Waals surface area contributed by atoms with Crippen molar-refractivity contribution in [2.75, 3.05) is 59.9 Å². The van der Waals surface area contributed by atoms with E-state index in [1.165, 1.54) is 0 Å². The van der Waals surface area contributed by atoms with Crippen molar-refractivity contribution in [2.24, 2.45) is 0 Å². The zero-order chi connectivity index (χ0) is 15.1. The lowest BCUT2D eigenvalue weighted by atomic mass is 10.2. The molecule has 2 heterocycles. The number of likely N-dealkylation sites (N-methyl/N-ethyl adjacent to an activating group) is 2. The minimum absolute atomic E-state index is 0.258. The van der Waals surface area contributed by atoms with E-state index in [4.69, 9.17) is 0 Å². The molecule has 0 saturated carbocycles. The Morgan fingerprint density at radius 1 is 1.29 bits per heavy atom. The van der Waals surface area contributed by atoms with E-state index in [0.717, 1.165) is 58.8 Å². The summed E-state index contributed by atoms with van der Waals surface area (Å²) in [5, 5.41) is 10.2. The van der Waals surface area contributed by atoms with Crippen molar-refractivity contribution < 1.29 is 5.11 Å². The Labute approximate surface area is 128 Å². The van der Waals surface area contributed by atoms with Crippen LogP contribution in [-0.4, -0.2) is 95.4 Å². The van der Waals surface area contributed by atoms with Gasteiger partial charge in [-0.25, -0.2) is 4.98 Å². The third-order valence-electron chi connectivity index (χ3n) is 4.10. The van der Waals surface area contributed by atoms with Crippen LogP contribution in [0.1, 0.15) is 6.42 Å². The Balaban J connectivity index is 1.57. The van der Waals surface area contributed by atoms with Crippen LogP contribution >= 0.6 is 0 Å². The highest BCUT2D eigenvalue weighted by Crippen LogP contribution is 2.02. The topological polar surface area (TPSA) is 47.8 Å². The number of rotatable bonds is 8. The first-order valence-electron chi connectivity index (χ1n) is 7.87. The van der Waals surface area contributed by atoms with Gasteiger partial charge in [0.2, 0.25) is 0 Å². The van der Waals surface area contributed by atoms with Gasteiger partial charge in [0.1, 0.15) is 0 Å². The maximum atomic E-state index is 10.2. The quantitative estimate of drug-likeness (QED) is 0.720. The molecule has 1 fully saturated rings. The molecule has 1 aliphatic rings. The fraction of sp³-hybridized carbons (Fsp3) is 0.800. The smallest absolute Gasteiger partial charge is 0.0945 e. The van der Waals surface area contributed by atoms with Gasteiger partial charge in [-0.15, -0.1) is 0 Å². The van der Waals surface area contributed by atoms with Gasteiger partial charge in [-0.05, 0) is 27.1 Å². The van der Waals surface area contributed by atoms with E-state index < -0.39 is 0 Å². The number of imidazole rings is 1. The normalized spacial score (nSPS) is 19.2. The van der Waals surface area contributed by atoms with Gasteiger partial charge in [0.05, 0.1) is 12.4 Å². The Morgan fingerprint density at radius 3 is 2.71 bits per heavy atom. The van der Waals surface area contributed by atoms with Crippen LogP contribution in [0.15, 0.2) is 18.7 Å². The average Bonchev–Trinajstić information content (AvgIpc) is 2.94. The lowest BCUT2D eigenvalue weighted by Crippen LogP contribution is -2.48. The number of piperazine rings is 1. The molecule has 0 aliphatic carbocycles. The summed E-state index contributed by atoms with van der Waals surface area (Å²) in [5.74, 6) is 0. The van der Waals surface area contributed by atoms with E-state index in [1.807, 2.05) is 18.7 Å². The molecule has 6 heteroatoms. The fourth-order valence-corrected chi connectivity index (χ4v) is 2.78. The molecule has 0 amide bonds. The summed E-state index contributed by atoms with van der Waals surface area (Å²) in [6, 6.07) is 0. The molecule has 2 rings (SSSR count). The summed E-state index contributed by atoms with van der Waals surface area (Å²) in [6.45, 7) is 7.86. The standard InChI is InChI=1S/C15H29N5O/c1-17-8-10-19(11-9-17)13-15(21)12-18(2)5-3-6-20-7-4-16-14-20/h4,7,14-15,21H,3,5-6,8-13H2,1-2H3. The third kappa shape index (κ3) is 6.13. The number of hydrogen-bond donors (Lipinski definition) is 1. The molecule has 6 nitrogen and oxygen atoms in total. The van der Waals surface area contributed by atoms with Gasteiger partial charge in [-0.1, -0.05) is 0 Å². The van der Waals surface area contributed by atoms with Gasteiger partial charge in [0.15, 0.2) is 0 Å². The number of hydrogen-bond acceptors (Lipinski definition) is 5. The molecular formula is C15H29N5O. The van der Waals surface area contributed by atoms with Crippen LogP contribution in [-0.2, 0) is 6.54 Å². The molecule has 1 atom stereocenters. The SMILES string of the molecule is CN1CCN(CC(O)CN(C)CCCn2ccnc2)CC1. The van der Waals surface area contributed by atoms with Crippen molar-refractivity contribution >= 4 is 0 Å². The Morgan fingerprint density at radius 2 is 2.05 bits per heavy atom. The van der Waals surface area contributed by atoms with Gasteiger partial charge in [-0.2, -0.15) is 0 Å². The molecule has 1 aromatic heterocycles. The molecule has 0 aromatic carbocycles. The van der Waals surface area contributed by atoms with E-state index in [1.54, 1.807) is 0 Å². The van der Waals surface area contributed by atoms with Crippen molar-refractivity contribution in [1.82, 2.24) is 24.3 Å². The van der Waals surface area contributed by atoms with Gasteiger partial charge < -0.3 is 19.5 Å². The largest absolute Gasteiger partial charge is 0.390 e. The molecule has 0 radical (unpaired) electrons. The second-order valence-electron chi connectivity index (χ2n) is 6.17. The molecule has 21 heavy (non-hydrogen) atoms. The number of aromatic nitrogens is 2. The number of aliphatic hydroxyl groups is 1. The first-order valence-corrected chi connectivity index (χ1v) is 7.87. The Kier molecular flexibility index (Phi) is 6.63. The van der Waals surface area contributed by atoms with Crippen LogP contribution in [0.4, 0.5) is 0 Å². The Bertz CT molecular complexity index is 375. The summed E-state index contributed by atoms with van der Waals surface area (Å²) in [6.07, 6.45) is 6.47. The summed E-state index contributed by atoms with van der Waals surface area (Å²) in [7, 11) is 4.24. The van der Waals surface area contributed by atoms with E-state index in [2.05, 4.69) is 38.3 Å². The monoisotopic (exact) mass is 295 g/mol. The lowest BCUT2D eigenvalue weighted by molar-refractivity contribution is 0.0604. The second-order valence-corrected chi connectivity index (χ2v) is 6.17. The molecule has 1 unspecified atom stereocenters. The number of β-amino-alcohol motifs (C(OH)–C–C–N with tert-alkyl or cyclic N) is 1. The van der Waals surface area contributed by atoms with Crippen molar-refractivity contribution in [2.45, 2.75) is 19.1 Å². The van der Waals surface area contributed by atoms with Crippen LogP contribution in [0, 0.1) is 0 Å². The van der Waals surface area contributed by atoms with Crippen molar-refractivity contribution in [3.8, 4) is 0 Å². The van der Waals surface area contributed by atoms with Crippen LogP contribution in [0.3, 0.4) is 0 Å². The predicted octanol–water partition coefficient (Wildman–Crippen LogP) is -0.187. The molecule has 1 saturated heterocycles. The first-order chi connectivity index (χ1) is 10.1. The highest BCUT2D eigenvalue weighted by molar-refractivity contribution is 4.75. The molecular weight excluding hydrogens is 266 g/mol. The van der Waals surface area contributed by atoms with Crippen molar-refractivity contribution in [3.63, 3.8) is 0 Å². The predicted molar refractivity (Wildman–Crippen MR) is 84.3 cm³/mol.